The molecule has 198 valence electrons. The van der Waals surface area contributed by atoms with Crippen molar-refractivity contribution >= 4 is 17.8 Å². The van der Waals surface area contributed by atoms with Crippen molar-refractivity contribution in [1.29, 1.82) is 0 Å². The van der Waals surface area contributed by atoms with Crippen molar-refractivity contribution in [1.82, 2.24) is 14.7 Å². The number of ether oxygens (including phenoxy) is 2. The Morgan fingerprint density at radius 1 is 1.22 bits per heavy atom. The molecule has 10 nitrogen and oxygen atoms in total. The molecule has 3 N–H and O–H groups in total. The molecule has 0 saturated carbocycles. The molecule has 0 radical (unpaired) electrons. The van der Waals surface area contributed by atoms with Crippen molar-refractivity contribution in [2.45, 2.75) is 51.0 Å². The molecule has 2 saturated heterocycles. The van der Waals surface area contributed by atoms with Gasteiger partial charge in [-0.25, -0.2) is 0 Å². The van der Waals surface area contributed by atoms with Crippen molar-refractivity contribution in [2.24, 2.45) is 11.7 Å². The average Bonchev–Trinajstić information content (AvgIpc) is 3.58. The quantitative estimate of drug-likeness (QED) is 0.440. The van der Waals surface area contributed by atoms with E-state index in [-0.39, 0.29) is 37.1 Å². The van der Waals surface area contributed by atoms with Gasteiger partial charge >= 0.3 is 5.97 Å². The van der Waals surface area contributed by atoms with Crippen molar-refractivity contribution in [3.63, 3.8) is 0 Å². The fourth-order valence-electron chi connectivity index (χ4n) is 5.70. The molecular weight excluding hydrogens is 464 g/mol. The van der Waals surface area contributed by atoms with Crippen LogP contribution in [0.5, 0.6) is 11.5 Å². The van der Waals surface area contributed by atoms with Gasteiger partial charge in [0.1, 0.15) is 0 Å². The topological polar surface area (TPSA) is 126 Å². The minimum absolute atomic E-state index is 0.0355. The lowest BCUT2D eigenvalue weighted by Gasteiger charge is -2.30. The fourth-order valence-corrected chi connectivity index (χ4v) is 5.70. The maximum absolute atomic E-state index is 13.3. The van der Waals surface area contributed by atoms with Crippen LogP contribution in [0.4, 0.5) is 0 Å². The van der Waals surface area contributed by atoms with E-state index in [1.165, 1.54) is 0 Å². The van der Waals surface area contributed by atoms with E-state index in [4.69, 9.17) is 15.2 Å². The van der Waals surface area contributed by atoms with E-state index in [0.717, 1.165) is 24.8 Å². The number of nitrogens with zero attached hydrogens (tertiary/aromatic N) is 3. The molecule has 3 heterocycles. The van der Waals surface area contributed by atoms with Crippen molar-refractivity contribution in [3.8, 4) is 11.5 Å². The number of benzene rings is 1. The number of carboxylic acid groups (broad SMARTS) is 1. The summed E-state index contributed by atoms with van der Waals surface area (Å²) in [5.41, 5.74) is 6.62. The minimum Gasteiger partial charge on any atom is -0.481 e. The summed E-state index contributed by atoms with van der Waals surface area (Å²) in [7, 11) is 0. The molecule has 4 rings (SSSR count). The number of nitrogens with two attached hydrogens (primary N) is 1. The highest BCUT2D eigenvalue weighted by molar-refractivity contribution is 5.79. The van der Waals surface area contributed by atoms with Gasteiger partial charge in [-0.1, -0.05) is 19.4 Å². The Labute approximate surface area is 212 Å². The monoisotopic (exact) mass is 502 g/mol. The van der Waals surface area contributed by atoms with E-state index in [2.05, 4.69) is 6.92 Å². The van der Waals surface area contributed by atoms with Gasteiger partial charge in [-0.2, -0.15) is 0 Å². The number of carbonyl (C=O) groups is 3. The van der Waals surface area contributed by atoms with Crippen LogP contribution in [0.3, 0.4) is 0 Å². The van der Waals surface area contributed by atoms with Gasteiger partial charge in [0.15, 0.2) is 11.5 Å². The fraction of sp³-hybridized carbons (Fsp3) is 0.654. The number of likely N-dealkylation sites (tertiary alicyclic amines) is 2. The van der Waals surface area contributed by atoms with Crippen LogP contribution in [0.2, 0.25) is 0 Å². The predicted molar refractivity (Wildman–Crippen MR) is 133 cm³/mol. The second kappa shape index (κ2) is 11.9. The van der Waals surface area contributed by atoms with Gasteiger partial charge in [-0.15, -0.1) is 0 Å². The number of hydrogen-bond acceptors (Lipinski definition) is 7. The summed E-state index contributed by atoms with van der Waals surface area (Å²) in [5, 5.41) is 10.3. The first-order valence-electron chi connectivity index (χ1n) is 13.0. The van der Waals surface area contributed by atoms with Gasteiger partial charge < -0.3 is 30.1 Å². The van der Waals surface area contributed by atoms with Crippen LogP contribution in [0.1, 0.15) is 50.5 Å². The van der Waals surface area contributed by atoms with Gasteiger partial charge in [0, 0.05) is 57.6 Å². The molecule has 0 aliphatic carbocycles. The summed E-state index contributed by atoms with van der Waals surface area (Å²) in [6, 6.07) is 5.19. The third-order valence-electron chi connectivity index (χ3n) is 7.60. The lowest BCUT2D eigenvalue weighted by molar-refractivity contribution is -0.144. The van der Waals surface area contributed by atoms with Crippen LogP contribution in [-0.4, -0.2) is 96.2 Å². The molecule has 1 aromatic rings. The number of fused-ring (bicyclic) bond motifs is 1. The summed E-state index contributed by atoms with van der Waals surface area (Å²) < 4.78 is 11.0. The highest BCUT2D eigenvalue weighted by Crippen LogP contribution is 2.42. The Morgan fingerprint density at radius 3 is 2.72 bits per heavy atom. The number of rotatable bonds is 12. The molecule has 0 spiro atoms. The molecule has 10 heteroatoms. The largest absolute Gasteiger partial charge is 0.481 e. The summed E-state index contributed by atoms with van der Waals surface area (Å²) >= 11 is 0. The molecular formula is C26H38N4O6. The Balaban J connectivity index is 1.57. The van der Waals surface area contributed by atoms with E-state index in [9.17, 15) is 19.5 Å². The first-order chi connectivity index (χ1) is 17.4. The van der Waals surface area contributed by atoms with E-state index in [0.29, 0.717) is 63.6 Å². The Bertz CT molecular complexity index is 956. The number of carboxylic acids is 1. The number of unbranched alkanes of at least 4 members (excludes halogenated alkanes) is 1. The molecule has 36 heavy (non-hydrogen) atoms. The standard InChI is InChI=1S/C26H38N4O6/c1-2-3-10-29(13-9-27)24(32)16-30-15-19(18-6-7-21-22(14-18)36-17-35-21)25(26(33)34)20(30)8-12-28-11-4-5-23(28)31/h6-7,14,19-20,25H,2-5,8-13,15-17,27H2,1H3,(H,33,34). The summed E-state index contributed by atoms with van der Waals surface area (Å²) in [6.45, 7) is 5.49. The highest BCUT2D eigenvalue weighted by Gasteiger charge is 2.47. The predicted octanol–water partition coefficient (Wildman–Crippen LogP) is 1.48. The average molecular weight is 503 g/mol. The Morgan fingerprint density at radius 2 is 2.03 bits per heavy atom. The molecule has 3 aliphatic rings. The SMILES string of the molecule is CCCCN(CCN)C(=O)CN1CC(c2ccc3c(c2)OCO3)C(C(=O)O)C1CCN1CCCC1=O. The summed E-state index contributed by atoms with van der Waals surface area (Å²) in [6.07, 6.45) is 3.74. The van der Waals surface area contributed by atoms with E-state index >= 15 is 0 Å². The maximum atomic E-state index is 13.3. The van der Waals surface area contributed by atoms with Gasteiger partial charge in [-0.3, -0.25) is 19.3 Å². The second-order valence-electron chi connectivity index (χ2n) is 9.88. The second-order valence-corrected chi connectivity index (χ2v) is 9.88. The molecule has 2 amide bonds. The van der Waals surface area contributed by atoms with Crippen molar-refractivity contribution in [2.75, 3.05) is 52.6 Å². The minimum atomic E-state index is -0.893. The Hall–Kier alpha value is -2.85. The number of carbonyl (C=O) groups excluding carboxylic acids is 2. The van der Waals surface area contributed by atoms with Crippen LogP contribution in [0.15, 0.2) is 18.2 Å². The number of amides is 2. The highest BCUT2D eigenvalue weighted by atomic mass is 16.7. The van der Waals surface area contributed by atoms with E-state index < -0.39 is 11.9 Å². The first-order valence-corrected chi connectivity index (χ1v) is 13.0. The third-order valence-corrected chi connectivity index (χ3v) is 7.60. The molecule has 3 aliphatic heterocycles. The van der Waals surface area contributed by atoms with Gasteiger partial charge in [-0.05, 0) is 37.0 Å². The molecule has 0 aromatic heterocycles. The summed E-state index contributed by atoms with van der Waals surface area (Å²) in [4.78, 5) is 43.7. The number of hydrogen-bond donors (Lipinski definition) is 2. The third kappa shape index (κ3) is 5.75. The van der Waals surface area contributed by atoms with Crippen LogP contribution in [-0.2, 0) is 14.4 Å². The van der Waals surface area contributed by atoms with Gasteiger partial charge in [0.25, 0.3) is 0 Å². The normalized spacial score (nSPS) is 23.4. The lowest BCUT2D eigenvalue weighted by atomic mass is 9.84. The van der Waals surface area contributed by atoms with Crippen LogP contribution in [0.25, 0.3) is 0 Å². The van der Waals surface area contributed by atoms with E-state index in [1.54, 1.807) is 4.90 Å². The zero-order chi connectivity index (χ0) is 25.7. The lowest BCUT2D eigenvalue weighted by Crippen LogP contribution is -2.46. The summed E-state index contributed by atoms with van der Waals surface area (Å²) in [5.74, 6) is -0.588. The zero-order valence-electron chi connectivity index (χ0n) is 21.1. The van der Waals surface area contributed by atoms with E-state index in [1.807, 2.05) is 28.0 Å². The van der Waals surface area contributed by atoms with Crippen LogP contribution >= 0.6 is 0 Å². The molecule has 3 unspecified atom stereocenters. The molecule has 3 atom stereocenters. The Kier molecular flexibility index (Phi) is 8.68. The van der Waals surface area contributed by atoms with Crippen molar-refractivity contribution < 1.29 is 29.0 Å². The zero-order valence-corrected chi connectivity index (χ0v) is 21.1. The smallest absolute Gasteiger partial charge is 0.308 e. The molecule has 0 bridgehead atoms. The van der Waals surface area contributed by atoms with Gasteiger partial charge in [0.05, 0.1) is 12.5 Å². The maximum Gasteiger partial charge on any atom is 0.308 e. The van der Waals surface area contributed by atoms with Crippen LogP contribution in [0, 0.1) is 5.92 Å². The first kappa shape index (κ1) is 26.2. The van der Waals surface area contributed by atoms with Crippen LogP contribution < -0.4 is 15.2 Å². The molecule has 1 aromatic carbocycles. The van der Waals surface area contributed by atoms with Gasteiger partial charge in [0.2, 0.25) is 18.6 Å². The number of aliphatic carboxylic acids is 1. The molecule has 2 fully saturated rings. The van der Waals surface area contributed by atoms with Crippen molar-refractivity contribution in [3.05, 3.63) is 23.8 Å².